The molecule has 4 rings (SSSR count). The Morgan fingerprint density at radius 1 is 1.06 bits per heavy atom. The molecule has 0 aliphatic carbocycles. The number of nitrogens with zero attached hydrogens (tertiary/aromatic N) is 1. The van der Waals surface area contributed by atoms with Crippen molar-refractivity contribution >= 4 is 35.2 Å². The van der Waals surface area contributed by atoms with Crippen molar-refractivity contribution in [3.05, 3.63) is 99.6 Å². The molecule has 1 aliphatic rings. The quantitative estimate of drug-likeness (QED) is 0.418. The predicted molar refractivity (Wildman–Crippen MR) is 137 cm³/mol. The van der Waals surface area contributed by atoms with Crippen LogP contribution in [-0.2, 0) is 11.3 Å². The smallest absolute Gasteiger partial charge is 0.251 e. The predicted octanol–water partition coefficient (Wildman–Crippen LogP) is 5.54. The number of carbonyl (C=O) groups is 2. The van der Waals surface area contributed by atoms with E-state index in [1.165, 1.54) is 0 Å². The van der Waals surface area contributed by atoms with Crippen LogP contribution >= 0.6 is 23.4 Å². The summed E-state index contributed by atoms with van der Waals surface area (Å²) in [6, 6.07) is 21.1. The van der Waals surface area contributed by atoms with E-state index < -0.39 is 0 Å². The van der Waals surface area contributed by atoms with E-state index in [-0.39, 0.29) is 17.2 Å². The second kappa shape index (κ2) is 11.0. The molecule has 0 aromatic heterocycles. The molecule has 34 heavy (non-hydrogen) atoms. The highest BCUT2D eigenvalue weighted by atomic mass is 35.5. The van der Waals surface area contributed by atoms with Gasteiger partial charge in [-0.05, 0) is 72.5 Å². The third-order valence-corrected chi connectivity index (χ3v) is 7.05. The van der Waals surface area contributed by atoms with Crippen LogP contribution in [0.2, 0.25) is 5.02 Å². The minimum Gasteiger partial charge on any atom is -0.492 e. The van der Waals surface area contributed by atoms with Gasteiger partial charge in [0.05, 0.1) is 12.3 Å². The number of nitrogens with one attached hydrogen (secondary N) is 1. The zero-order valence-corrected chi connectivity index (χ0v) is 20.8. The lowest BCUT2D eigenvalue weighted by Gasteiger charge is -2.24. The second-order valence-electron chi connectivity index (χ2n) is 8.36. The van der Waals surface area contributed by atoms with Crippen LogP contribution in [0.5, 0.6) is 5.75 Å². The molecule has 1 atom stereocenters. The first kappa shape index (κ1) is 24.2. The molecule has 7 heteroatoms. The van der Waals surface area contributed by atoms with Gasteiger partial charge in [0, 0.05) is 17.1 Å². The summed E-state index contributed by atoms with van der Waals surface area (Å²) in [5.41, 5.74) is 4.90. The van der Waals surface area contributed by atoms with E-state index in [4.69, 9.17) is 16.3 Å². The van der Waals surface area contributed by atoms with Crippen LogP contribution in [0, 0.1) is 13.8 Å². The molecule has 1 aliphatic heterocycles. The molecular weight excluding hydrogens is 468 g/mol. The molecule has 3 aromatic rings. The SMILES string of the molecule is Cc1cc(C)cc(OCCNC(=O)c2ccc([C@H]3SCC(=O)N3Cc3ccc(Cl)cc3)cc2)c1. The highest BCUT2D eigenvalue weighted by Crippen LogP contribution is 2.39. The monoisotopic (exact) mass is 494 g/mol. The first-order chi connectivity index (χ1) is 16.4. The average Bonchev–Trinajstić information content (AvgIpc) is 3.17. The third-order valence-electron chi connectivity index (χ3n) is 5.54. The normalized spacial score (nSPS) is 15.4. The molecule has 5 nitrogen and oxygen atoms in total. The van der Waals surface area contributed by atoms with Gasteiger partial charge in [-0.25, -0.2) is 0 Å². The summed E-state index contributed by atoms with van der Waals surface area (Å²) in [7, 11) is 0. The standard InChI is InChI=1S/C27H27ClN2O3S/c1-18-13-19(2)15-24(14-18)33-12-11-29-26(32)21-5-7-22(8-6-21)27-30(25(31)17-34-27)16-20-3-9-23(28)10-4-20/h3-10,13-15,27H,11-12,16-17H2,1-2H3,(H,29,32)/t27-/m1/s1. The average molecular weight is 495 g/mol. The second-order valence-corrected chi connectivity index (χ2v) is 9.87. The van der Waals surface area contributed by atoms with E-state index in [0.29, 0.717) is 36.0 Å². The van der Waals surface area contributed by atoms with Crippen molar-refractivity contribution < 1.29 is 14.3 Å². The first-order valence-corrected chi connectivity index (χ1v) is 12.6. The largest absolute Gasteiger partial charge is 0.492 e. The van der Waals surface area contributed by atoms with E-state index >= 15 is 0 Å². The maximum atomic E-state index is 12.5. The Bertz CT molecular complexity index is 1150. The summed E-state index contributed by atoms with van der Waals surface area (Å²) in [5, 5.41) is 3.49. The summed E-state index contributed by atoms with van der Waals surface area (Å²) in [6.07, 6.45) is 0. The fraction of sp³-hybridized carbons (Fsp3) is 0.259. The Labute approximate surface area is 209 Å². The third kappa shape index (κ3) is 6.13. The molecule has 0 saturated carbocycles. The number of rotatable bonds is 8. The van der Waals surface area contributed by atoms with Gasteiger partial charge in [-0.1, -0.05) is 41.9 Å². The molecule has 1 N–H and O–H groups in total. The zero-order chi connectivity index (χ0) is 24.1. The van der Waals surface area contributed by atoms with Gasteiger partial charge in [-0.15, -0.1) is 11.8 Å². The number of thioether (sulfide) groups is 1. The number of ether oxygens (including phenoxy) is 1. The van der Waals surface area contributed by atoms with Gasteiger partial charge >= 0.3 is 0 Å². The van der Waals surface area contributed by atoms with Gasteiger partial charge in [-0.3, -0.25) is 9.59 Å². The molecule has 0 radical (unpaired) electrons. The summed E-state index contributed by atoms with van der Waals surface area (Å²) >= 11 is 7.58. The Kier molecular flexibility index (Phi) is 7.80. The van der Waals surface area contributed by atoms with Gasteiger partial charge in [-0.2, -0.15) is 0 Å². The number of aryl methyl sites for hydroxylation is 2. The summed E-state index contributed by atoms with van der Waals surface area (Å²) in [4.78, 5) is 26.9. The number of hydrogen-bond acceptors (Lipinski definition) is 4. The van der Waals surface area contributed by atoms with Gasteiger partial charge in [0.15, 0.2) is 0 Å². The van der Waals surface area contributed by atoms with Crippen molar-refractivity contribution in [1.82, 2.24) is 10.2 Å². The van der Waals surface area contributed by atoms with Crippen LogP contribution in [0.25, 0.3) is 0 Å². The number of hydrogen-bond donors (Lipinski definition) is 1. The highest BCUT2D eigenvalue weighted by Gasteiger charge is 2.32. The number of carbonyl (C=O) groups excluding carboxylic acids is 2. The summed E-state index contributed by atoms with van der Waals surface area (Å²) in [5.74, 6) is 1.21. The van der Waals surface area contributed by atoms with E-state index in [9.17, 15) is 9.59 Å². The Balaban J connectivity index is 1.32. The van der Waals surface area contributed by atoms with Gasteiger partial charge in [0.1, 0.15) is 17.7 Å². The Morgan fingerprint density at radius 3 is 2.41 bits per heavy atom. The Morgan fingerprint density at radius 2 is 1.74 bits per heavy atom. The maximum Gasteiger partial charge on any atom is 0.251 e. The lowest BCUT2D eigenvalue weighted by Crippen LogP contribution is -2.28. The van der Waals surface area contributed by atoms with Crippen molar-refractivity contribution in [3.63, 3.8) is 0 Å². The maximum absolute atomic E-state index is 12.5. The minimum atomic E-state index is -0.149. The van der Waals surface area contributed by atoms with Crippen LogP contribution < -0.4 is 10.1 Å². The molecule has 0 spiro atoms. The van der Waals surface area contributed by atoms with Crippen LogP contribution in [0.4, 0.5) is 0 Å². The van der Waals surface area contributed by atoms with Crippen molar-refractivity contribution in [2.24, 2.45) is 0 Å². The van der Waals surface area contributed by atoms with Crippen LogP contribution in [0.3, 0.4) is 0 Å². The molecule has 0 unspecified atom stereocenters. The lowest BCUT2D eigenvalue weighted by atomic mass is 10.1. The van der Waals surface area contributed by atoms with E-state index in [0.717, 1.165) is 28.0 Å². The lowest BCUT2D eigenvalue weighted by molar-refractivity contribution is -0.128. The number of benzene rings is 3. The topological polar surface area (TPSA) is 58.6 Å². The van der Waals surface area contributed by atoms with E-state index in [1.54, 1.807) is 23.9 Å². The number of amides is 2. The molecule has 2 amide bonds. The van der Waals surface area contributed by atoms with Crippen molar-refractivity contribution in [2.75, 3.05) is 18.9 Å². The van der Waals surface area contributed by atoms with Crippen LogP contribution in [0.15, 0.2) is 66.7 Å². The summed E-state index contributed by atoms with van der Waals surface area (Å²) < 4.78 is 5.76. The first-order valence-electron chi connectivity index (χ1n) is 11.1. The molecule has 3 aromatic carbocycles. The van der Waals surface area contributed by atoms with Crippen molar-refractivity contribution in [2.45, 2.75) is 25.8 Å². The zero-order valence-electron chi connectivity index (χ0n) is 19.2. The Hall–Kier alpha value is -2.96. The van der Waals surface area contributed by atoms with E-state index in [2.05, 4.69) is 11.4 Å². The fourth-order valence-corrected chi connectivity index (χ4v) is 5.25. The molecule has 1 saturated heterocycles. The van der Waals surface area contributed by atoms with Gasteiger partial charge in [0.25, 0.3) is 5.91 Å². The minimum absolute atomic E-state index is 0.0773. The molecular formula is C27H27ClN2O3S. The van der Waals surface area contributed by atoms with Crippen LogP contribution in [-0.4, -0.2) is 35.6 Å². The van der Waals surface area contributed by atoms with E-state index in [1.807, 2.05) is 67.3 Å². The highest BCUT2D eigenvalue weighted by molar-refractivity contribution is 8.00. The molecule has 1 heterocycles. The van der Waals surface area contributed by atoms with Gasteiger partial charge in [0.2, 0.25) is 5.91 Å². The van der Waals surface area contributed by atoms with Gasteiger partial charge < -0.3 is 15.0 Å². The molecule has 0 bridgehead atoms. The fourth-order valence-electron chi connectivity index (χ4n) is 3.94. The molecule has 176 valence electrons. The van der Waals surface area contributed by atoms with Crippen molar-refractivity contribution in [3.8, 4) is 5.75 Å². The number of halogens is 1. The van der Waals surface area contributed by atoms with Crippen molar-refractivity contribution in [1.29, 1.82) is 0 Å². The molecule has 1 fully saturated rings. The van der Waals surface area contributed by atoms with Crippen LogP contribution in [0.1, 0.15) is 38.0 Å². The summed E-state index contributed by atoms with van der Waals surface area (Å²) in [6.45, 7) is 5.39.